The third-order valence-electron chi connectivity index (χ3n) is 4.31. The molecule has 0 bridgehead atoms. The zero-order valence-corrected chi connectivity index (χ0v) is 13.1. The molecule has 0 spiro atoms. The van der Waals surface area contributed by atoms with Gasteiger partial charge in [0.25, 0.3) is 5.91 Å². The highest BCUT2D eigenvalue weighted by Crippen LogP contribution is 2.23. The first-order valence-corrected chi connectivity index (χ1v) is 7.88. The van der Waals surface area contributed by atoms with Crippen LogP contribution in [-0.2, 0) is 11.3 Å². The first-order chi connectivity index (χ1) is 11.2. The molecule has 120 valence electrons. The van der Waals surface area contributed by atoms with Crippen LogP contribution in [0.1, 0.15) is 17.3 Å². The maximum Gasteiger partial charge on any atom is 0.259 e. The molecule has 0 saturated carbocycles. The van der Waals surface area contributed by atoms with Crippen LogP contribution < -0.4 is 9.80 Å². The predicted octanol–water partition coefficient (Wildman–Crippen LogP) is 1.16. The first kappa shape index (κ1) is 14.2. The van der Waals surface area contributed by atoms with Gasteiger partial charge in [0.15, 0.2) is 0 Å². The summed E-state index contributed by atoms with van der Waals surface area (Å²) >= 11 is 0. The lowest BCUT2D eigenvalue weighted by atomic mass is 10.2. The molecule has 4 rings (SSSR count). The zero-order valence-electron chi connectivity index (χ0n) is 13.1. The van der Waals surface area contributed by atoms with Gasteiger partial charge in [-0.3, -0.25) is 9.69 Å². The summed E-state index contributed by atoms with van der Waals surface area (Å²) in [6.07, 6.45) is 3.61. The molecule has 1 amide bonds. The van der Waals surface area contributed by atoms with Crippen molar-refractivity contribution in [1.82, 2.24) is 14.8 Å². The van der Waals surface area contributed by atoms with E-state index in [1.54, 1.807) is 23.4 Å². The molecule has 2 aliphatic heterocycles. The smallest absolute Gasteiger partial charge is 0.259 e. The number of hydrogen-bond donors (Lipinski definition) is 0. The van der Waals surface area contributed by atoms with E-state index in [2.05, 4.69) is 15.0 Å². The molecule has 0 N–H and O–H groups in total. The van der Waals surface area contributed by atoms with Crippen LogP contribution >= 0.6 is 0 Å². The molecular weight excluding hydrogens is 294 g/mol. The largest absolute Gasteiger partial charge is 0.375 e. The van der Waals surface area contributed by atoms with Gasteiger partial charge in [0.2, 0.25) is 0 Å². The average Bonchev–Trinajstić information content (AvgIpc) is 3.18. The van der Waals surface area contributed by atoms with E-state index >= 15 is 0 Å². The summed E-state index contributed by atoms with van der Waals surface area (Å²) in [5, 5.41) is 4.21. The Morgan fingerprint density at radius 3 is 3.04 bits per heavy atom. The van der Waals surface area contributed by atoms with Gasteiger partial charge in [0.05, 0.1) is 25.5 Å². The van der Waals surface area contributed by atoms with Crippen LogP contribution in [0.25, 0.3) is 0 Å². The molecule has 7 heteroatoms. The summed E-state index contributed by atoms with van der Waals surface area (Å²) in [6.45, 7) is 5.73. The van der Waals surface area contributed by atoms with E-state index in [-0.39, 0.29) is 12.0 Å². The van der Waals surface area contributed by atoms with E-state index in [0.29, 0.717) is 18.7 Å². The van der Waals surface area contributed by atoms with Crippen LogP contribution in [0.5, 0.6) is 0 Å². The summed E-state index contributed by atoms with van der Waals surface area (Å²) in [6, 6.07) is 5.52. The number of pyridine rings is 1. The molecule has 2 aliphatic rings. The summed E-state index contributed by atoms with van der Waals surface area (Å²) in [4.78, 5) is 21.2. The number of nitrogens with zero attached hydrogens (tertiary/aromatic N) is 5. The highest BCUT2D eigenvalue weighted by atomic mass is 16.5. The minimum absolute atomic E-state index is 0.00536. The molecule has 1 fully saturated rings. The number of hydrogen-bond acceptors (Lipinski definition) is 5. The minimum Gasteiger partial charge on any atom is -0.375 e. The Bertz CT molecular complexity index is 729. The van der Waals surface area contributed by atoms with Crippen LogP contribution in [-0.4, -0.2) is 53.0 Å². The van der Waals surface area contributed by atoms with Gasteiger partial charge in [-0.2, -0.15) is 5.10 Å². The molecular formula is C16H19N5O2. The average molecular weight is 313 g/mol. The number of rotatable bonds is 2. The number of amides is 1. The lowest BCUT2D eigenvalue weighted by Crippen LogP contribution is -2.41. The van der Waals surface area contributed by atoms with Crippen molar-refractivity contribution in [2.24, 2.45) is 0 Å². The van der Waals surface area contributed by atoms with Gasteiger partial charge >= 0.3 is 0 Å². The molecule has 2 aromatic rings. The Morgan fingerprint density at radius 1 is 1.26 bits per heavy atom. The third kappa shape index (κ3) is 2.57. The van der Waals surface area contributed by atoms with Crippen LogP contribution in [0.15, 0.2) is 30.6 Å². The molecule has 7 nitrogen and oxygen atoms in total. The SMILES string of the molecule is CC1CN(c2cc(C(=O)N3CCn4nccc43)ccn2)CCO1. The maximum absolute atomic E-state index is 12.8. The minimum atomic E-state index is -0.00536. The van der Waals surface area contributed by atoms with Crippen molar-refractivity contribution < 1.29 is 9.53 Å². The number of ether oxygens (including phenoxy) is 1. The monoisotopic (exact) mass is 313 g/mol. The van der Waals surface area contributed by atoms with Crippen LogP contribution in [0.4, 0.5) is 11.6 Å². The normalized spacial score (nSPS) is 20.7. The van der Waals surface area contributed by atoms with E-state index < -0.39 is 0 Å². The highest BCUT2D eigenvalue weighted by Gasteiger charge is 2.27. The van der Waals surface area contributed by atoms with Gasteiger partial charge in [-0.1, -0.05) is 0 Å². The Kier molecular flexibility index (Phi) is 3.49. The molecule has 1 atom stereocenters. The maximum atomic E-state index is 12.8. The number of carbonyl (C=O) groups excluding carboxylic acids is 1. The summed E-state index contributed by atoms with van der Waals surface area (Å²) in [5.74, 6) is 1.68. The van der Waals surface area contributed by atoms with Crippen molar-refractivity contribution in [2.45, 2.75) is 19.6 Å². The van der Waals surface area contributed by atoms with Crippen LogP contribution in [0.2, 0.25) is 0 Å². The fraction of sp³-hybridized carbons (Fsp3) is 0.438. The number of fused-ring (bicyclic) bond motifs is 1. The second kappa shape index (κ2) is 5.66. The van der Waals surface area contributed by atoms with E-state index in [9.17, 15) is 4.79 Å². The quantitative estimate of drug-likeness (QED) is 0.832. The van der Waals surface area contributed by atoms with Crippen molar-refractivity contribution >= 4 is 17.5 Å². The fourth-order valence-corrected chi connectivity index (χ4v) is 3.15. The van der Waals surface area contributed by atoms with Crippen LogP contribution in [0.3, 0.4) is 0 Å². The molecule has 4 heterocycles. The molecule has 23 heavy (non-hydrogen) atoms. The Labute approximate surface area is 134 Å². The van der Waals surface area contributed by atoms with E-state index in [0.717, 1.165) is 31.3 Å². The molecule has 2 aromatic heterocycles. The molecule has 1 saturated heterocycles. The Balaban J connectivity index is 1.58. The van der Waals surface area contributed by atoms with Gasteiger partial charge in [0.1, 0.15) is 11.6 Å². The van der Waals surface area contributed by atoms with Crippen molar-refractivity contribution in [3.05, 3.63) is 36.2 Å². The van der Waals surface area contributed by atoms with Gasteiger partial charge in [-0.25, -0.2) is 9.67 Å². The number of morpholine rings is 1. The van der Waals surface area contributed by atoms with Gasteiger partial charge in [0, 0.05) is 37.5 Å². The standard InChI is InChI=1S/C16H19N5O2/c1-12-11-19(8-9-23-12)14-10-13(2-4-17-14)16(22)20-6-7-21-15(20)3-5-18-21/h2-5,10,12H,6-9,11H2,1H3. The number of anilines is 2. The molecule has 1 unspecified atom stereocenters. The van der Waals surface area contributed by atoms with Gasteiger partial charge < -0.3 is 9.64 Å². The van der Waals surface area contributed by atoms with Gasteiger partial charge in [-0.15, -0.1) is 0 Å². The molecule has 0 aromatic carbocycles. The van der Waals surface area contributed by atoms with E-state index in [1.165, 1.54) is 0 Å². The van der Waals surface area contributed by atoms with Crippen molar-refractivity contribution in [3.8, 4) is 0 Å². The van der Waals surface area contributed by atoms with Crippen molar-refractivity contribution in [3.63, 3.8) is 0 Å². The van der Waals surface area contributed by atoms with Crippen molar-refractivity contribution in [1.29, 1.82) is 0 Å². The Morgan fingerprint density at radius 2 is 2.17 bits per heavy atom. The van der Waals surface area contributed by atoms with Gasteiger partial charge in [-0.05, 0) is 19.1 Å². The van der Waals surface area contributed by atoms with Crippen LogP contribution in [0, 0.1) is 0 Å². The number of aromatic nitrogens is 3. The third-order valence-corrected chi connectivity index (χ3v) is 4.31. The fourth-order valence-electron chi connectivity index (χ4n) is 3.15. The second-order valence-electron chi connectivity index (χ2n) is 5.90. The number of carbonyl (C=O) groups is 1. The van der Waals surface area contributed by atoms with E-state index in [1.807, 2.05) is 23.7 Å². The first-order valence-electron chi connectivity index (χ1n) is 7.88. The summed E-state index contributed by atoms with van der Waals surface area (Å²) in [7, 11) is 0. The lowest BCUT2D eigenvalue weighted by molar-refractivity contribution is 0.0529. The second-order valence-corrected chi connectivity index (χ2v) is 5.90. The highest BCUT2D eigenvalue weighted by molar-refractivity contribution is 6.06. The summed E-state index contributed by atoms with van der Waals surface area (Å²) in [5.41, 5.74) is 0.656. The zero-order chi connectivity index (χ0) is 15.8. The molecule has 0 aliphatic carbocycles. The lowest BCUT2D eigenvalue weighted by Gasteiger charge is -2.32. The summed E-state index contributed by atoms with van der Waals surface area (Å²) < 4.78 is 7.42. The molecule has 0 radical (unpaired) electrons. The van der Waals surface area contributed by atoms with E-state index in [4.69, 9.17) is 4.74 Å². The topological polar surface area (TPSA) is 63.5 Å². The van der Waals surface area contributed by atoms with Crippen molar-refractivity contribution in [2.75, 3.05) is 36.0 Å². The Hall–Kier alpha value is -2.41. The predicted molar refractivity (Wildman–Crippen MR) is 85.8 cm³/mol.